The van der Waals surface area contributed by atoms with E-state index < -0.39 is 0 Å². The van der Waals surface area contributed by atoms with Crippen LogP contribution >= 0.6 is 0 Å². The van der Waals surface area contributed by atoms with E-state index in [1.807, 2.05) is 36.4 Å². The van der Waals surface area contributed by atoms with E-state index in [0.29, 0.717) is 0 Å². The van der Waals surface area contributed by atoms with Crippen LogP contribution in [0.1, 0.15) is 12.1 Å². The summed E-state index contributed by atoms with van der Waals surface area (Å²) in [6, 6.07) is 14.1. The van der Waals surface area contributed by atoms with Crippen LogP contribution in [0.3, 0.4) is 0 Å². The van der Waals surface area contributed by atoms with Gasteiger partial charge < -0.3 is 19.8 Å². The molecule has 0 saturated carbocycles. The van der Waals surface area contributed by atoms with Crippen molar-refractivity contribution in [3.8, 4) is 11.5 Å². The summed E-state index contributed by atoms with van der Waals surface area (Å²) in [5.74, 6) is 2.48. The standard InChI is InChI=1S/C21H22N4O2/c1-26-15-11-19-17(20(12-15)27-2)10-14(25-19)6-5-9-22-21-16-7-3-4-8-18(16)23-13-24-21/h3-4,7-8,10-13,25H,5-6,9H2,1-2H3,(H,22,23,24). The van der Waals surface area contributed by atoms with Crippen LogP contribution in [0, 0.1) is 0 Å². The van der Waals surface area contributed by atoms with Gasteiger partial charge in [-0.05, 0) is 31.0 Å². The molecule has 4 aromatic rings. The summed E-state index contributed by atoms with van der Waals surface area (Å²) < 4.78 is 10.8. The van der Waals surface area contributed by atoms with Crippen LogP contribution < -0.4 is 14.8 Å². The Balaban J connectivity index is 1.43. The zero-order valence-corrected chi connectivity index (χ0v) is 15.5. The van der Waals surface area contributed by atoms with Crippen LogP contribution in [0.4, 0.5) is 5.82 Å². The number of rotatable bonds is 7. The third kappa shape index (κ3) is 3.51. The summed E-state index contributed by atoms with van der Waals surface area (Å²) in [5, 5.41) is 5.54. The lowest BCUT2D eigenvalue weighted by atomic mass is 10.2. The van der Waals surface area contributed by atoms with E-state index in [1.165, 1.54) is 5.69 Å². The van der Waals surface area contributed by atoms with Crippen molar-refractivity contribution < 1.29 is 9.47 Å². The number of methoxy groups -OCH3 is 2. The zero-order chi connectivity index (χ0) is 18.6. The highest BCUT2D eigenvalue weighted by Gasteiger charge is 2.09. The van der Waals surface area contributed by atoms with Gasteiger partial charge in [0.15, 0.2) is 0 Å². The maximum absolute atomic E-state index is 5.48. The first-order chi connectivity index (χ1) is 13.3. The summed E-state index contributed by atoms with van der Waals surface area (Å²) in [4.78, 5) is 12.1. The number of benzene rings is 2. The normalized spacial score (nSPS) is 11.0. The molecule has 0 saturated heterocycles. The first-order valence-electron chi connectivity index (χ1n) is 8.95. The van der Waals surface area contributed by atoms with E-state index in [-0.39, 0.29) is 0 Å². The lowest BCUT2D eigenvalue weighted by Gasteiger charge is -2.07. The van der Waals surface area contributed by atoms with Crippen molar-refractivity contribution in [3.05, 3.63) is 54.5 Å². The van der Waals surface area contributed by atoms with E-state index in [1.54, 1.807) is 20.5 Å². The monoisotopic (exact) mass is 362 g/mol. The number of nitrogens with one attached hydrogen (secondary N) is 2. The largest absolute Gasteiger partial charge is 0.497 e. The highest BCUT2D eigenvalue weighted by atomic mass is 16.5. The molecule has 6 heteroatoms. The lowest BCUT2D eigenvalue weighted by molar-refractivity contribution is 0.398. The van der Waals surface area contributed by atoms with Gasteiger partial charge in [0.2, 0.25) is 0 Å². The van der Waals surface area contributed by atoms with Gasteiger partial charge in [-0.15, -0.1) is 0 Å². The second-order valence-corrected chi connectivity index (χ2v) is 6.36. The maximum atomic E-state index is 5.48. The smallest absolute Gasteiger partial charge is 0.137 e. The quantitative estimate of drug-likeness (QED) is 0.483. The van der Waals surface area contributed by atoms with Gasteiger partial charge in [0.25, 0.3) is 0 Å². The predicted molar refractivity (Wildman–Crippen MR) is 108 cm³/mol. The Morgan fingerprint density at radius 1 is 1.00 bits per heavy atom. The van der Waals surface area contributed by atoms with Crippen molar-refractivity contribution >= 4 is 27.6 Å². The van der Waals surface area contributed by atoms with Crippen LogP contribution in [0.25, 0.3) is 21.8 Å². The van der Waals surface area contributed by atoms with Gasteiger partial charge in [-0.1, -0.05) is 12.1 Å². The number of ether oxygens (including phenoxy) is 2. The molecule has 0 amide bonds. The number of para-hydroxylation sites is 1. The molecule has 0 radical (unpaired) electrons. The highest BCUT2D eigenvalue weighted by molar-refractivity contribution is 5.89. The Kier molecular flexibility index (Phi) is 4.78. The summed E-state index contributed by atoms with van der Waals surface area (Å²) >= 11 is 0. The van der Waals surface area contributed by atoms with E-state index in [2.05, 4.69) is 26.3 Å². The number of aromatic amines is 1. The van der Waals surface area contributed by atoms with Crippen molar-refractivity contribution in [2.24, 2.45) is 0 Å². The molecule has 0 atom stereocenters. The molecule has 6 nitrogen and oxygen atoms in total. The predicted octanol–water partition coefficient (Wildman–Crippen LogP) is 4.17. The summed E-state index contributed by atoms with van der Waals surface area (Å²) in [5.41, 5.74) is 3.15. The average Bonchev–Trinajstić information content (AvgIpc) is 3.13. The number of hydrogen-bond acceptors (Lipinski definition) is 5. The number of aryl methyl sites for hydroxylation is 1. The first-order valence-corrected chi connectivity index (χ1v) is 8.95. The van der Waals surface area contributed by atoms with Crippen molar-refractivity contribution in [2.45, 2.75) is 12.8 Å². The summed E-state index contributed by atoms with van der Waals surface area (Å²) in [6.45, 7) is 0.830. The third-order valence-electron chi connectivity index (χ3n) is 4.64. The molecule has 138 valence electrons. The molecule has 2 N–H and O–H groups in total. The maximum Gasteiger partial charge on any atom is 0.137 e. The number of nitrogens with zero attached hydrogens (tertiary/aromatic N) is 2. The van der Waals surface area contributed by atoms with Crippen LogP contribution in [0.5, 0.6) is 11.5 Å². The first kappa shape index (κ1) is 17.1. The molecule has 2 aromatic carbocycles. The van der Waals surface area contributed by atoms with Gasteiger partial charge in [-0.25, -0.2) is 9.97 Å². The van der Waals surface area contributed by atoms with E-state index >= 15 is 0 Å². The van der Waals surface area contributed by atoms with E-state index in [4.69, 9.17) is 9.47 Å². The molecular weight excluding hydrogens is 340 g/mol. The topological polar surface area (TPSA) is 72.1 Å². The number of fused-ring (bicyclic) bond motifs is 2. The van der Waals surface area contributed by atoms with E-state index in [0.717, 1.165) is 58.5 Å². The Hall–Kier alpha value is -3.28. The number of H-pyrrole nitrogens is 1. The molecule has 0 aliphatic carbocycles. The molecule has 4 rings (SSSR count). The molecule has 0 aliphatic heterocycles. The fraction of sp³-hybridized carbons (Fsp3) is 0.238. The number of aromatic nitrogens is 3. The second-order valence-electron chi connectivity index (χ2n) is 6.36. The molecule has 0 bridgehead atoms. The van der Waals surface area contributed by atoms with Gasteiger partial charge in [-0.2, -0.15) is 0 Å². The Bertz CT molecular complexity index is 1070. The van der Waals surface area contributed by atoms with Gasteiger partial charge in [0.1, 0.15) is 23.6 Å². The SMILES string of the molecule is COc1cc(OC)c2cc(CCCNc3ncnc4ccccc34)[nH]c2c1. The zero-order valence-electron chi connectivity index (χ0n) is 15.5. The summed E-state index contributed by atoms with van der Waals surface area (Å²) in [6.07, 6.45) is 3.50. The highest BCUT2D eigenvalue weighted by Crippen LogP contribution is 2.31. The fourth-order valence-corrected chi connectivity index (χ4v) is 3.29. The molecule has 0 spiro atoms. The number of hydrogen-bond donors (Lipinski definition) is 2. The van der Waals surface area contributed by atoms with Crippen molar-refractivity contribution in [3.63, 3.8) is 0 Å². The number of anilines is 1. The third-order valence-corrected chi connectivity index (χ3v) is 4.64. The molecular formula is C21H22N4O2. The van der Waals surface area contributed by atoms with Crippen molar-refractivity contribution in [1.29, 1.82) is 0 Å². The van der Waals surface area contributed by atoms with Crippen LogP contribution in [0.2, 0.25) is 0 Å². The van der Waals surface area contributed by atoms with Crippen LogP contribution in [-0.2, 0) is 6.42 Å². The molecule has 2 heterocycles. The Morgan fingerprint density at radius 2 is 1.89 bits per heavy atom. The fourth-order valence-electron chi connectivity index (χ4n) is 3.29. The average molecular weight is 362 g/mol. The molecule has 0 aliphatic rings. The van der Waals surface area contributed by atoms with Gasteiger partial charge in [0, 0.05) is 35.1 Å². The van der Waals surface area contributed by atoms with Gasteiger partial charge in [0.05, 0.1) is 25.3 Å². The Labute approximate surface area is 157 Å². The van der Waals surface area contributed by atoms with E-state index in [9.17, 15) is 0 Å². The second kappa shape index (κ2) is 7.53. The van der Waals surface area contributed by atoms with Gasteiger partial charge >= 0.3 is 0 Å². The van der Waals surface area contributed by atoms with Crippen LogP contribution in [-0.4, -0.2) is 35.7 Å². The minimum Gasteiger partial charge on any atom is -0.497 e. The minimum atomic E-state index is 0.782. The van der Waals surface area contributed by atoms with Gasteiger partial charge in [-0.3, -0.25) is 0 Å². The Morgan fingerprint density at radius 3 is 2.74 bits per heavy atom. The molecule has 27 heavy (non-hydrogen) atoms. The van der Waals surface area contributed by atoms with Crippen molar-refractivity contribution in [1.82, 2.24) is 15.0 Å². The molecule has 0 fully saturated rings. The van der Waals surface area contributed by atoms with Crippen molar-refractivity contribution in [2.75, 3.05) is 26.1 Å². The molecule has 0 unspecified atom stereocenters. The molecule has 2 aromatic heterocycles. The minimum absolute atomic E-state index is 0.782. The van der Waals surface area contributed by atoms with Crippen LogP contribution in [0.15, 0.2) is 48.8 Å². The summed E-state index contributed by atoms with van der Waals surface area (Å²) in [7, 11) is 3.34. The lowest BCUT2D eigenvalue weighted by Crippen LogP contribution is -2.05.